The van der Waals surface area contributed by atoms with Gasteiger partial charge in [0.1, 0.15) is 5.15 Å². The fraction of sp³-hybridized carbons (Fsp3) is 0.125. The number of aromatic nitrogens is 1. The Hall–Kier alpha value is -0.0500. The molecular formula is C8H6BrCl2N. The maximum Gasteiger partial charge on any atom is 0.129 e. The summed E-state index contributed by atoms with van der Waals surface area (Å²) in [4.78, 5) is 3.89. The zero-order chi connectivity index (χ0) is 9.14. The van der Waals surface area contributed by atoms with Crippen LogP contribution < -0.4 is 0 Å². The van der Waals surface area contributed by atoms with E-state index in [-0.39, 0.29) is 0 Å². The van der Waals surface area contributed by atoms with Crippen molar-refractivity contribution in [3.8, 4) is 0 Å². The van der Waals surface area contributed by atoms with Gasteiger partial charge in [0.25, 0.3) is 0 Å². The zero-order valence-electron chi connectivity index (χ0n) is 6.15. The maximum atomic E-state index is 5.70. The fourth-order valence-electron chi connectivity index (χ4n) is 0.756. The molecule has 0 unspecified atom stereocenters. The first-order valence-corrected chi connectivity index (χ1v) is 4.91. The van der Waals surface area contributed by atoms with E-state index in [0.29, 0.717) is 11.0 Å². The van der Waals surface area contributed by atoms with Crippen molar-refractivity contribution >= 4 is 44.7 Å². The first-order valence-electron chi connectivity index (χ1n) is 3.20. The molecule has 0 aliphatic heterocycles. The molecule has 0 saturated heterocycles. The lowest BCUT2D eigenvalue weighted by atomic mass is 10.1. The number of nitrogens with zero attached hydrogens (tertiary/aromatic N) is 1. The van der Waals surface area contributed by atoms with Crippen molar-refractivity contribution < 1.29 is 0 Å². The molecule has 1 aromatic heterocycles. The van der Waals surface area contributed by atoms with Crippen LogP contribution in [0, 0.1) is 0 Å². The predicted octanol–water partition coefficient (Wildman–Crippen LogP) is 3.75. The minimum atomic E-state index is 0.388. The van der Waals surface area contributed by atoms with E-state index in [1.54, 1.807) is 12.3 Å². The van der Waals surface area contributed by atoms with Crippen LogP contribution >= 0.6 is 39.1 Å². The summed E-state index contributed by atoms with van der Waals surface area (Å²) in [7, 11) is 0. The summed E-state index contributed by atoms with van der Waals surface area (Å²) in [5, 5.41) is 0.444. The second-order valence-corrected chi connectivity index (χ2v) is 3.73. The molecule has 0 saturated carbocycles. The number of alkyl halides is 1. The standard InChI is InChI=1S/C8H6BrCl2N/c1-5(3-10)6-2-8(11)12-4-7(6)9/h2,4H,1,3H2. The molecule has 4 heteroatoms. The molecule has 0 amide bonds. The number of allylic oxidation sites excluding steroid dienone is 1. The van der Waals surface area contributed by atoms with Crippen LogP contribution in [-0.4, -0.2) is 10.9 Å². The third kappa shape index (κ3) is 2.22. The monoisotopic (exact) mass is 265 g/mol. The Kier molecular flexibility index (Phi) is 3.56. The average Bonchev–Trinajstić information content (AvgIpc) is 2.08. The van der Waals surface area contributed by atoms with Crippen LogP contribution in [0.1, 0.15) is 5.56 Å². The second-order valence-electron chi connectivity index (χ2n) is 2.22. The van der Waals surface area contributed by atoms with Crippen LogP contribution in [0.2, 0.25) is 5.15 Å². The molecule has 64 valence electrons. The summed E-state index contributed by atoms with van der Waals surface area (Å²) >= 11 is 14.7. The van der Waals surface area contributed by atoms with E-state index in [4.69, 9.17) is 23.2 Å². The van der Waals surface area contributed by atoms with Crippen molar-refractivity contribution in [2.75, 3.05) is 5.88 Å². The highest BCUT2D eigenvalue weighted by atomic mass is 79.9. The van der Waals surface area contributed by atoms with Gasteiger partial charge in [-0.25, -0.2) is 4.98 Å². The minimum absolute atomic E-state index is 0.388. The summed E-state index contributed by atoms with van der Waals surface area (Å²) < 4.78 is 0.859. The predicted molar refractivity (Wildman–Crippen MR) is 56.7 cm³/mol. The van der Waals surface area contributed by atoms with Crippen LogP contribution in [0.25, 0.3) is 5.57 Å². The van der Waals surface area contributed by atoms with E-state index in [0.717, 1.165) is 15.6 Å². The smallest absolute Gasteiger partial charge is 0.129 e. The molecule has 1 nitrogen and oxygen atoms in total. The van der Waals surface area contributed by atoms with Crippen LogP contribution in [0.5, 0.6) is 0 Å². The van der Waals surface area contributed by atoms with Gasteiger partial charge in [-0.1, -0.05) is 18.2 Å². The fourth-order valence-corrected chi connectivity index (χ4v) is 1.56. The van der Waals surface area contributed by atoms with Gasteiger partial charge in [-0.2, -0.15) is 0 Å². The van der Waals surface area contributed by atoms with Crippen molar-refractivity contribution in [3.63, 3.8) is 0 Å². The Morgan fingerprint density at radius 1 is 1.67 bits per heavy atom. The summed E-state index contributed by atoms with van der Waals surface area (Å²) in [6.07, 6.45) is 1.63. The van der Waals surface area contributed by atoms with E-state index in [1.807, 2.05) is 0 Å². The Labute approximate surface area is 89.5 Å². The molecule has 12 heavy (non-hydrogen) atoms. The average molecular weight is 267 g/mol. The third-order valence-electron chi connectivity index (χ3n) is 1.36. The van der Waals surface area contributed by atoms with Gasteiger partial charge < -0.3 is 0 Å². The molecule has 0 aliphatic carbocycles. The lowest BCUT2D eigenvalue weighted by molar-refractivity contribution is 1.29. The molecule has 0 N–H and O–H groups in total. The van der Waals surface area contributed by atoms with E-state index >= 15 is 0 Å². The SMILES string of the molecule is C=C(CCl)c1cc(Cl)ncc1Br. The Morgan fingerprint density at radius 2 is 2.33 bits per heavy atom. The van der Waals surface area contributed by atoms with Gasteiger partial charge in [0.2, 0.25) is 0 Å². The summed E-state index contributed by atoms with van der Waals surface area (Å²) in [6, 6.07) is 1.73. The summed E-state index contributed by atoms with van der Waals surface area (Å²) in [5.74, 6) is 0.388. The molecular weight excluding hydrogens is 261 g/mol. The molecule has 1 heterocycles. The molecule has 0 radical (unpaired) electrons. The van der Waals surface area contributed by atoms with Crippen molar-refractivity contribution in [3.05, 3.63) is 34.0 Å². The van der Waals surface area contributed by atoms with Crippen molar-refractivity contribution in [2.24, 2.45) is 0 Å². The zero-order valence-corrected chi connectivity index (χ0v) is 9.25. The van der Waals surface area contributed by atoms with E-state index in [1.165, 1.54) is 0 Å². The van der Waals surface area contributed by atoms with Crippen molar-refractivity contribution in [2.45, 2.75) is 0 Å². The first-order chi connectivity index (χ1) is 5.65. The number of hydrogen-bond acceptors (Lipinski definition) is 1. The maximum absolute atomic E-state index is 5.70. The quantitative estimate of drug-likeness (QED) is 0.587. The van der Waals surface area contributed by atoms with Crippen LogP contribution in [0.3, 0.4) is 0 Å². The molecule has 0 aliphatic rings. The van der Waals surface area contributed by atoms with E-state index in [9.17, 15) is 0 Å². The normalized spacial score (nSPS) is 9.92. The van der Waals surface area contributed by atoms with Gasteiger partial charge in [0.05, 0.1) is 0 Å². The Morgan fingerprint density at radius 3 is 2.92 bits per heavy atom. The first kappa shape index (κ1) is 10.0. The number of halogens is 3. The van der Waals surface area contributed by atoms with Crippen LogP contribution in [0.15, 0.2) is 23.3 Å². The van der Waals surface area contributed by atoms with E-state index < -0.39 is 0 Å². The molecule has 1 aromatic rings. The topological polar surface area (TPSA) is 12.9 Å². The molecule has 0 bridgehead atoms. The Balaban J connectivity index is 3.13. The van der Waals surface area contributed by atoms with Crippen LogP contribution in [0.4, 0.5) is 0 Å². The number of hydrogen-bond donors (Lipinski definition) is 0. The highest BCUT2D eigenvalue weighted by Crippen LogP contribution is 2.25. The van der Waals surface area contributed by atoms with Gasteiger partial charge in [-0.05, 0) is 33.1 Å². The highest BCUT2D eigenvalue weighted by Gasteiger charge is 2.04. The largest absolute Gasteiger partial charge is 0.243 e. The van der Waals surface area contributed by atoms with Gasteiger partial charge in [0, 0.05) is 16.5 Å². The lowest BCUT2D eigenvalue weighted by Crippen LogP contribution is -1.87. The van der Waals surface area contributed by atoms with Gasteiger partial charge >= 0.3 is 0 Å². The second kappa shape index (κ2) is 4.26. The Bertz CT molecular complexity index is 312. The molecule has 0 spiro atoms. The number of pyridine rings is 1. The van der Waals surface area contributed by atoms with Gasteiger partial charge in [-0.3, -0.25) is 0 Å². The molecule has 0 atom stereocenters. The van der Waals surface area contributed by atoms with E-state index in [2.05, 4.69) is 27.5 Å². The number of rotatable bonds is 2. The molecule has 0 aromatic carbocycles. The van der Waals surface area contributed by atoms with Crippen LogP contribution in [-0.2, 0) is 0 Å². The third-order valence-corrected chi connectivity index (χ3v) is 2.53. The summed E-state index contributed by atoms with van der Waals surface area (Å²) in [5.41, 5.74) is 1.73. The van der Waals surface area contributed by atoms with Gasteiger partial charge in [-0.15, -0.1) is 11.6 Å². The lowest BCUT2D eigenvalue weighted by Gasteiger charge is -2.04. The van der Waals surface area contributed by atoms with Crippen molar-refractivity contribution in [1.29, 1.82) is 0 Å². The molecule has 0 fully saturated rings. The molecule has 1 rings (SSSR count). The highest BCUT2D eigenvalue weighted by molar-refractivity contribution is 9.10. The minimum Gasteiger partial charge on any atom is -0.243 e. The van der Waals surface area contributed by atoms with Gasteiger partial charge in [0.15, 0.2) is 0 Å². The summed E-state index contributed by atoms with van der Waals surface area (Å²) in [6.45, 7) is 3.80. The van der Waals surface area contributed by atoms with Crippen molar-refractivity contribution in [1.82, 2.24) is 4.98 Å².